The molecule has 4 rings (SSSR count). The van der Waals surface area contributed by atoms with Crippen LogP contribution in [0.1, 0.15) is 37.4 Å². The first kappa shape index (κ1) is 19.6. The van der Waals surface area contributed by atoms with Gasteiger partial charge in [0, 0.05) is 5.70 Å². The zero-order chi connectivity index (χ0) is 20.9. The van der Waals surface area contributed by atoms with Gasteiger partial charge in [0.2, 0.25) is 5.95 Å². The Balaban J connectivity index is 1.62. The predicted octanol–water partition coefficient (Wildman–Crippen LogP) is 3.49. The van der Waals surface area contributed by atoms with Crippen LogP contribution in [0.2, 0.25) is 0 Å². The Morgan fingerprint density at radius 3 is 2.63 bits per heavy atom. The van der Waals surface area contributed by atoms with E-state index in [2.05, 4.69) is 27.8 Å². The first-order valence-electron chi connectivity index (χ1n) is 9.87. The number of benzene rings is 2. The minimum absolute atomic E-state index is 0.190. The lowest BCUT2D eigenvalue weighted by Crippen LogP contribution is -2.29. The number of hydrogen-bond acceptors (Lipinski definition) is 7. The highest BCUT2D eigenvalue weighted by atomic mass is 16.5. The van der Waals surface area contributed by atoms with Gasteiger partial charge in [0.1, 0.15) is 18.4 Å². The predicted molar refractivity (Wildman–Crippen MR) is 111 cm³/mol. The molecule has 0 amide bonds. The third-order valence-electron chi connectivity index (χ3n) is 4.82. The Bertz CT molecular complexity index is 1040. The van der Waals surface area contributed by atoms with Crippen molar-refractivity contribution in [2.45, 2.75) is 32.9 Å². The van der Waals surface area contributed by atoms with E-state index in [0.29, 0.717) is 23.8 Å². The number of carbonyl (C=O) groups is 1. The number of aromatic nitrogens is 4. The van der Waals surface area contributed by atoms with Crippen LogP contribution >= 0.6 is 0 Å². The molecule has 1 unspecified atom stereocenters. The molecule has 154 valence electrons. The van der Waals surface area contributed by atoms with Crippen molar-refractivity contribution in [2.75, 3.05) is 11.9 Å². The summed E-state index contributed by atoms with van der Waals surface area (Å²) in [6.45, 7) is 4.72. The van der Waals surface area contributed by atoms with Crippen molar-refractivity contribution >= 4 is 11.9 Å². The summed E-state index contributed by atoms with van der Waals surface area (Å²) in [6, 6.07) is 16.7. The van der Waals surface area contributed by atoms with E-state index in [0.717, 1.165) is 23.3 Å². The molecule has 2 heterocycles. The highest BCUT2D eigenvalue weighted by molar-refractivity contribution is 5.92. The summed E-state index contributed by atoms with van der Waals surface area (Å²) in [4.78, 5) is 13.1. The van der Waals surface area contributed by atoms with E-state index in [1.54, 1.807) is 4.68 Å². The fraction of sp³-hybridized carbons (Fsp3) is 0.273. The Kier molecular flexibility index (Phi) is 5.74. The van der Waals surface area contributed by atoms with Gasteiger partial charge < -0.3 is 14.8 Å². The molecule has 0 saturated carbocycles. The minimum atomic E-state index is -0.500. The first-order chi connectivity index (χ1) is 14.7. The standard InChI is InChI=1S/C22H23N5O3/c1-3-13-29-18-11-9-17(10-12-18)20-19(15(2)23-22-24-25-26-27(20)22)21(28)30-14-16-7-5-4-6-8-16/h4-12,20H,3,13-14H2,1-2H3,(H,23,24,26). The topological polar surface area (TPSA) is 91.2 Å². The van der Waals surface area contributed by atoms with Gasteiger partial charge >= 0.3 is 5.97 Å². The Morgan fingerprint density at radius 2 is 1.90 bits per heavy atom. The normalized spacial score (nSPS) is 15.3. The number of nitrogens with one attached hydrogen (secondary N) is 1. The highest BCUT2D eigenvalue weighted by Crippen LogP contribution is 2.35. The summed E-state index contributed by atoms with van der Waals surface area (Å²) in [5.41, 5.74) is 2.91. The van der Waals surface area contributed by atoms with Crippen LogP contribution in [0.5, 0.6) is 5.75 Å². The van der Waals surface area contributed by atoms with Gasteiger partial charge in [0.25, 0.3) is 0 Å². The number of carbonyl (C=O) groups excluding carboxylic acids is 1. The summed E-state index contributed by atoms with van der Waals surface area (Å²) < 4.78 is 12.9. The summed E-state index contributed by atoms with van der Waals surface area (Å²) in [6.07, 6.45) is 0.934. The van der Waals surface area contributed by atoms with Crippen LogP contribution < -0.4 is 10.1 Å². The Hall–Kier alpha value is -3.68. The minimum Gasteiger partial charge on any atom is -0.494 e. The second-order valence-electron chi connectivity index (χ2n) is 6.99. The molecule has 2 aromatic carbocycles. The summed E-state index contributed by atoms with van der Waals surface area (Å²) in [7, 11) is 0. The van der Waals surface area contributed by atoms with Crippen molar-refractivity contribution in [1.29, 1.82) is 0 Å². The number of hydrogen-bond donors (Lipinski definition) is 1. The molecule has 0 fully saturated rings. The van der Waals surface area contributed by atoms with Crippen LogP contribution in [-0.4, -0.2) is 32.8 Å². The highest BCUT2D eigenvalue weighted by Gasteiger charge is 2.35. The quantitative estimate of drug-likeness (QED) is 0.602. The van der Waals surface area contributed by atoms with Gasteiger partial charge in [-0.15, -0.1) is 0 Å². The third kappa shape index (κ3) is 4.03. The smallest absolute Gasteiger partial charge is 0.338 e. The number of esters is 1. The number of rotatable bonds is 7. The van der Waals surface area contributed by atoms with Crippen molar-refractivity contribution in [1.82, 2.24) is 20.2 Å². The van der Waals surface area contributed by atoms with Crippen molar-refractivity contribution in [3.63, 3.8) is 0 Å². The van der Waals surface area contributed by atoms with Gasteiger partial charge in [-0.1, -0.05) is 54.5 Å². The van der Waals surface area contributed by atoms with Crippen molar-refractivity contribution < 1.29 is 14.3 Å². The molecule has 8 nitrogen and oxygen atoms in total. The van der Waals surface area contributed by atoms with E-state index >= 15 is 0 Å². The van der Waals surface area contributed by atoms with Crippen LogP contribution in [0.3, 0.4) is 0 Å². The molecule has 1 N–H and O–H groups in total. The van der Waals surface area contributed by atoms with Gasteiger partial charge in [-0.2, -0.15) is 4.68 Å². The number of allylic oxidation sites excluding steroid dienone is 1. The summed E-state index contributed by atoms with van der Waals surface area (Å²) in [5, 5.41) is 14.9. The maximum atomic E-state index is 13.1. The summed E-state index contributed by atoms with van der Waals surface area (Å²) >= 11 is 0. The SMILES string of the molecule is CCCOc1ccc(C2C(C(=O)OCc3ccccc3)=C(C)Nc3nnnn32)cc1. The molecule has 0 bridgehead atoms. The molecule has 3 aromatic rings. The van der Waals surface area contributed by atoms with Gasteiger partial charge in [-0.05, 0) is 47.0 Å². The second-order valence-corrected chi connectivity index (χ2v) is 6.99. The lowest BCUT2D eigenvalue weighted by Gasteiger charge is -2.27. The van der Waals surface area contributed by atoms with Crippen LogP contribution in [-0.2, 0) is 16.1 Å². The van der Waals surface area contributed by atoms with Gasteiger partial charge in [-0.25, -0.2) is 4.79 Å². The van der Waals surface area contributed by atoms with Crippen molar-refractivity contribution in [3.05, 3.63) is 77.0 Å². The zero-order valence-electron chi connectivity index (χ0n) is 16.9. The van der Waals surface area contributed by atoms with Crippen molar-refractivity contribution in [3.8, 4) is 5.75 Å². The number of anilines is 1. The summed E-state index contributed by atoms with van der Waals surface area (Å²) in [5.74, 6) is 0.838. The van der Waals surface area contributed by atoms with Crippen LogP contribution in [0.15, 0.2) is 65.9 Å². The van der Waals surface area contributed by atoms with E-state index in [1.165, 1.54) is 0 Å². The molecular formula is C22H23N5O3. The van der Waals surface area contributed by atoms with E-state index in [4.69, 9.17) is 9.47 Å². The number of tetrazole rings is 1. The van der Waals surface area contributed by atoms with Crippen molar-refractivity contribution in [2.24, 2.45) is 0 Å². The lowest BCUT2D eigenvalue weighted by atomic mass is 9.95. The maximum Gasteiger partial charge on any atom is 0.338 e. The second kappa shape index (κ2) is 8.77. The van der Waals surface area contributed by atoms with E-state index < -0.39 is 12.0 Å². The van der Waals surface area contributed by atoms with Gasteiger partial charge in [0.05, 0.1) is 12.2 Å². The number of nitrogens with zero attached hydrogens (tertiary/aromatic N) is 4. The Labute approximate surface area is 174 Å². The van der Waals surface area contributed by atoms with Gasteiger partial charge in [-0.3, -0.25) is 0 Å². The molecule has 0 spiro atoms. The lowest BCUT2D eigenvalue weighted by molar-refractivity contribution is -0.140. The number of fused-ring (bicyclic) bond motifs is 1. The van der Waals surface area contributed by atoms with Crippen LogP contribution in [0.25, 0.3) is 0 Å². The largest absolute Gasteiger partial charge is 0.494 e. The molecular weight excluding hydrogens is 382 g/mol. The third-order valence-corrected chi connectivity index (χ3v) is 4.82. The molecule has 1 aliphatic rings. The Morgan fingerprint density at radius 1 is 1.13 bits per heavy atom. The fourth-order valence-electron chi connectivity index (χ4n) is 3.35. The van der Waals surface area contributed by atoms with E-state index in [9.17, 15) is 4.79 Å². The molecule has 0 radical (unpaired) electrons. The monoisotopic (exact) mass is 405 g/mol. The van der Waals surface area contributed by atoms with E-state index in [-0.39, 0.29) is 6.61 Å². The molecule has 0 saturated heterocycles. The van der Waals surface area contributed by atoms with Gasteiger partial charge in [0.15, 0.2) is 0 Å². The zero-order valence-corrected chi connectivity index (χ0v) is 16.9. The molecule has 1 atom stereocenters. The average molecular weight is 405 g/mol. The fourth-order valence-corrected chi connectivity index (χ4v) is 3.35. The average Bonchev–Trinajstić information content (AvgIpc) is 3.24. The maximum absolute atomic E-state index is 13.1. The van der Waals surface area contributed by atoms with E-state index in [1.807, 2.05) is 61.5 Å². The first-order valence-corrected chi connectivity index (χ1v) is 9.87. The molecule has 1 aromatic heterocycles. The molecule has 8 heteroatoms. The number of ether oxygens (including phenoxy) is 2. The van der Waals surface area contributed by atoms with Crippen LogP contribution in [0.4, 0.5) is 5.95 Å². The molecule has 0 aliphatic carbocycles. The molecule has 1 aliphatic heterocycles. The van der Waals surface area contributed by atoms with Crippen LogP contribution in [0, 0.1) is 0 Å². The molecule has 30 heavy (non-hydrogen) atoms.